The number of benzene rings is 1. The first kappa shape index (κ1) is 13.3. The summed E-state index contributed by atoms with van der Waals surface area (Å²) in [6.07, 6.45) is 7.45. The number of rotatable bonds is 3. The Bertz CT molecular complexity index is 561. The molecule has 2 aromatic rings. The van der Waals surface area contributed by atoms with Crippen LogP contribution in [0.4, 0.5) is 4.39 Å². The average molecular weight is 273 g/mol. The van der Waals surface area contributed by atoms with Crippen LogP contribution in [0.5, 0.6) is 0 Å². The molecule has 4 heteroatoms. The summed E-state index contributed by atoms with van der Waals surface area (Å²) in [5.41, 5.74) is 2.32. The highest BCUT2D eigenvalue weighted by atomic mass is 19.1. The zero-order valence-corrected chi connectivity index (χ0v) is 11.7. The highest BCUT2D eigenvalue weighted by Crippen LogP contribution is 2.25. The zero-order valence-electron chi connectivity index (χ0n) is 11.7. The second-order valence-electron chi connectivity index (χ2n) is 5.62. The second kappa shape index (κ2) is 5.75. The van der Waals surface area contributed by atoms with Crippen LogP contribution < -0.4 is 5.32 Å². The summed E-state index contributed by atoms with van der Waals surface area (Å²) in [6, 6.07) is 7.61. The Balaban J connectivity index is 1.77. The van der Waals surface area contributed by atoms with Crippen LogP contribution in [0.1, 0.15) is 43.5 Å². The third kappa shape index (κ3) is 2.90. The summed E-state index contributed by atoms with van der Waals surface area (Å²) in [5.74, 6) is -0.192. The quantitative estimate of drug-likeness (QED) is 0.930. The number of aromatic nitrogens is 2. The number of piperidine rings is 1. The normalized spacial score (nSPS) is 22.9. The number of imidazole rings is 1. The molecule has 1 aromatic carbocycles. The molecule has 1 saturated heterocycles. The fourth-order valence-corrected chi connectivity index (χ4v) is 2.91. The second-order valence-corrected chi connectivity index (χ2v) is 5.62. The lowest BCUT2D eigenvalue weighted by atomic mass is 9.97. The Hall–Kier alpha value is -1.68. The van der Waals surface area contributed by atoms with Crippen molar-refractivity contribution >= 4 is 0 Å². The Morgan fingerprint density at radius 2 is 2.10 bits per heavy atom. The Morgan fingerprint density at radius 3 is 2.85 bits per heavy atom. The standard InChI is InChI=1S/C16H20FN3/c1-12-3-2-4-15(19-12)16-9-18-11-20(16)10-13-5-7-14(17)8-6-13/h5-9,11-12,15,19H,2-4,10H2,1H3. The SMILES string of the molecule is CC1CCCC(c2cncn2Cc2ccc(F)cc2)N1. The van der Waals surface area contributed by atoms with Crippen LogP contribution in [-0.4, -0.2) is 15.6 Å². The smallest absolute Gasteiger partial charge is 0.123 e. The molecule has 3 rings (SSSR count). The van der Waals surface area contributed by atoms with Crippen LogP contribution in [-0.2, 0) is 6.54 Å². The summed E-state index contributed by atoms with van der Waals surface area (Å²) in [5, 5.41) is 3.63. The van der Waals surface area contributed by atoms with Crippen molar-refractivity contribution in [2.75, 3.05) is 0 Å². The molecule has 2 heterocycles. The van der Waals surface area contributed by atoms with E-state index in [9.17, 15) is 4.39 Å². The van der Waals surface area contributed by atoms with Crippen molar-refractivity contribution in [1.29, 1.82) is 0 Å². The van der Waals surface area contributed by atoms with Crippen LogP contribution in [0.2, 0.25) is 0 Å². The van der Waals surface area contributed by atoms with Gasteiger partial charge in [-0.25, -0.2) is 9.37 Å². The minimum Gasteiger partial charge on any atom is -0.329 e. The van der Waals surface area contributed by atoms with Crippen molar-refractivity contribution in [2.24, 2.45) is 0 Å². The Morgan fingerprint density at radius 1 is 1.30 bits per heavy atom. The van der Waals surface area contributed by atoms with Gasteiger partial charge in [-0.1, -0.05) is 12.1 Å². The third-order valence-electron chi connectivity index (χ3n) is 3.98. The maximum absolute atomic E-state index is 12.9. The number of hydrogen-bond donors (Lipinski definition) is 1. The van der Waals surface area contributed by atoms with Crippen LogP contribution >= 0.6 is 0 Å². The van der Waals surface area contributed by atoms with E-state index in [2.05, 4.69) is 21.8 Å². The molecule has 0 amide bonds. The van der Waals surface area contributed by atoms with E-state index in [4.69, 9.17) is 0 Å². The van der Waals surface area contributed by atoms with Crippen molar-refractivity contribution in [3.05, 3.63) is 53.9 Å². The number of hydrogen-bond acceptors (Lipinski definition) is 2. The number of nitrogens with one attached hydrogen (secondary N) is 1. The molecule has 2 unspecified atom stereocenters. The van der Waals surface area contributed by atoms with E-state index in [1.54, 1.807) is 0 Å². The van der Waals surface area contributed by atoms with Gasteiger partial charge in [-0.2, -0.15) is 0 Å². The number of nitrogens with zero attached hydrogens (tertiary/aromatic N) is 2. The molecule has 0 aliphatic carbocycles. The fourth-order valence-electron chi connectivity index (χ4n) is 2.91. The van der Waals surface area contributed by atoms with Crippen molar-refractivity contribution in [1.82, 2.24) is 14.9 Å². The predicted molar refractivity (Wildman–Crippen MR) is 76.9 cm³/mol. The van der Waals surface area contributed by atoms with Crippen molar-refractivity contribution in [2.45, 2.75) is 44.8 Å². The maximum atomic E-state index is 12.9. The van der Waals surface area contributed by atoms with Gasteiger partial charge in [0.25, 0.3) is 0 Å². The van der Waals surface area contributed by atoms with Gasteiger partial charge < -0.3 is 9.88 Å². The largest absolute Gasteiger partial charge is 0.329 e. The Labute approximate surface area is 118 Å². The molecule has 2 atom stereocenters. The van der Waals surface area contributed by atoms with Gasteiger partial charge in [-0.3, -0.25) is 0 Å². The lowest BCUT2D eigenvalue weighted by Crippen LogP contribution is -2.35. The Kier molecular flexibility index (Phi) is 3.83. The average Bonchev–Trinajstić information content (AvgIpc) is 2.89. The lowest BCUT2D eigenvalue weighted by Gasteiger charge is -2.29. The molecule has 3 nitrogen and oxygen atoms in total. The molecule has 1 fully saturated rings. The summed E-state index contributed by atoms with van der Waals surface area (Å²) >= 11 is 0. The molecule has 0 spiro atoms. The highest BCUT2D eigenvalue weighted by molar-refractivity contribution is 5.18. The monoisotopic (exact) mass is 273 g/mol. The lowest BCUT2D eigenvalue weighted by molar-refractivity contribution is 0.330. The van der Waals surface area contributed by atoms with E-state index in [1.165, 1.54) is 30.7 Å². The highest BCUT2D eigenvalue weighted by Gasteiger charge is 2.22. The summed E-state index contributed by atoms with van der Waals surface area (Å²) in [4.78, 5) is 4.28. The molecule has 20 heavy (non-hydrogen) atoms. The van der Waals surface area contributed by atoms with Gasteiger partial charge in [0, 0.05) is 24.8 Å². The van der Waals surface area contributed by atoms with Crippen LogP contribution in [0.3, 0.4) is 0 Å². The molecule has 0 bridgehead atoms. The summed E-state index contributed by atoms with van der Waals surface area (Å²) < 4.78 is 15.1. The van der Waals surface area contributed by atoms with E-state index < -0.39 is 0 Å². The van der Waals surface area contributed by atoms with Crippen molar-refractivity contribution < 1.29 is 4.39 Å². The first-order chi connectivity index (χ1) is 9.72. The zero-order chi connectivity index (χ0) is 13.9. The van der Waals surface area contributed by atoms with E-state index in [1.807, 2.05) is 24.7 Å². The number of halogens is 1. The van der Waals surface area contributed by atoms with Gasteiger partial charge in [0.1, 0.15) is 5.82 Å². The first-order valence-electron chi connectivity index (χ1n) is 7.23. The molecule has 1 aromatic heterocycles. The van der Waals surface area contributed by atoms with Crippen LogP contribution in [0, 0.1) is 5.82 Å². The predicted octanol–water partition coefficient (Wildman–Crippen LogP) is 3.27. The summed E-state index contributed by atoms with van der Waals surface area (Å²) in [7, 11) is 0. The summed E-state index contributed by atoms with van der Waals surface area (Å²) in [6.45, 7) is 2.97. The third-order valence-corrected chi connectivity index (χ3v) is 3.98. The molecule has 1 aliphatic rings. The van der Waals surface area contributed by atoms with Gasteiger partial charge in [-0.15, -0.1) is 0 Å². The minimum atomic E-state index is -0.192. The van der Waals surface area contributed by atoms with Crippen molar-refractivity contribution in [3.63, 3.8) is 0 Å². The molecular weight excluding hydrogens is 253 g/mol. The topological polar surface area (TPSA) is 29.9 Å². The van der Waals surface area contributed by atoms with Crippen molar-refractivity contribution in [3.8, 4) is 0 Å². The van der Waals surface area contributed by atoms with E-state index in [0.29, 0.717) is 12.1 Å². The molecule has 0 radical (unpaired) electrons. The maximum Gasteiger partial charge on any atom is 0.123 e. The van der Waals surface area contributed by atoms with Gasteiger partial charge >= 0.3 is 0 Å². The van der Waals surface area contributed by atoms with E-state index in [0.717, 1.165) is 18.5 Å². The van der Waals surface area contributed by atoms with Gasteiger partial charge in [-0.05, 0) is 43.9 Å². The van der Waals surface area contributed by atoms with Crippen LogP contribution in [0.25, 0.3) is 0 Å². The molecule has 0 saturated carbocycles. The van der Waals surface area contributed by atoms with E-state index in [-0.39, 0.29) is 5.82 Å². The van der Waals surface area contributed by atoms with Gasteiger partial charge in [0.2, 0.25) is 0 Å². The first-order valence-corrected chi connectivity index (χ1v) is 7.23. The molecular formula is C16H20FN3. The van der Waals surface area contributed by atoms with E-state index >= 15 is 0 Å². The van der Waals surface area contributed by atoms with Gasteiger partial charge in [0.05, 0.1) is 12.0 Å². The minimum absolute atomic E-state index is 0.192. The van der Waals surface area contributed by atoms with Crippen LogP contribution in [0.15, 0.2) is 36.8 Å². The molecule has 1 N–H and O–H groups in total. The fraction of sp³-hybridized carbons (Fsp3) is 0.438. The molecule has 1 aliphatic heterocycles. The molecule has 106 valence electrons. The van der Waals surface area contributed by atoms with Gasteiger partial charge in [0.15, 0.2) is 0 Å².